The van der Waals surface area contributed by atoms with Gasteiger partial charge in [0.2, 0.25) is 0 Å². The second-order valence-electron chi connectivity index (χ2n) is 7.21. The molecule has 0 aliphatic heterocycles. The van der Waals surface area contributed by atoms with Crippen LogP contribution in [-0.2, 0) is 11.0 Å². The Labute approximate surface area is 201 Å². The molecule has 0 aliphatic carbocycles. The van der Waals surface area contributed by atoms with Gasteiger partial charge in [-0.1, -0.05) is 52.9 Å². The molecule has 0 saturated carbocycles. The van der Waals surface area contributed by atoms with Crippen molar-refractivity contribution in [3.63, 3.8) is 0 Å². The van der Waals surface area contributed by atoms with Crippen molar-refractivity contribution in [3.8, 4) is 11.5 Å². The Bertz CT molecular complexity index is 1270. The number of aromatic amines is 1. The van der Waals surface area contributed by atoms with Crippen LogP contribution < -0.4 is 9.47 Å². The van der Waals surface area contributed by atoms with Crippen LogP contribution in [0.2, 0.25) is 0 Å². The third-order valence-electron chi connectivity index (χ3n) is 4.87. The van der Waals surface area contributed by atoms with E-state index in [2.05, 4.69) is 32.6 Å². The normalized spacial score (nSPS) is 11.5. The summed E-state index contributed by atoms with van der Waals surface area (Å²) >= 11 is 2.26. The highest BCUT2D eigenvalue weighted by molar-refractivity contribution is 14.1. The summed E-state index contributed by atoms with van der Waals surface area (Å²) in [5.74, 6) is -0.689. The van der Waals surface area contributed by atoms with Crippen LogP contribution in [0.3, 0.4) is 0 Å². The van der Waals surface area contributed by atoms with Gasteiger partial charge in [0.05, 0.1) is 5.56 Å². The first-order valence-electron chi connectivity index (χ1n) is 9.91. The maximum atomic E-state index is 13.3. The predicted molar refractivity (Wildman–Crippen MR) is 126 cm³/mol. The van der Waals surface area contributed by atoms with E-state index in [1.54, 1.807) is 24.4 Å². The number of carbonyl (C=O) groups is 1. The Morgan fingerprint density at radius 2 is 1.73 bits per heavy atom. The van der Waals surface area contributed by atoms with Crippen LogP contribution in [0.15, 0.2) is 67.0 Å². The Hall–Kier alpha value is -3.08. The molecule has 0 saturated heterocycles. The van der Waals surface area contributed by atoms with Gasteiger partial charge in [-0.3, -0.25) is 4.79 Å². The van der Waals surface area contributed by atoms with Crippen molar-refractivity contribution in [2.45, 2.75) is 17.2 Å². The Kier molecular flexibility index (Phi) is 6.87. The van der Waals surface area contributed by atoms with Gasteiger partial charge in [-0.05, 0) is 35.4 Å². The number of H-pyrrole nitrogens is 1. The molecule has 4 aromatic rings. The van der Waals surface area contributed by atoms with Crippen LogP contribution in [0, 0.1) is 0 Å². The molecule has 0 fully saturated rings. The van der Waals surface area contributed by atoms with Gasteiger partial charge in [-0.2, -0.15) is 13.2 Å². The van der Waals surface area contributed by atoms with Gasteiger partial charge in [-0.15, -0.1) is 0 Å². The van der Waals surface area contributed by atoms with Crippen LogP contribution in [0.1, 0.15) is 27.0 Å². The minimum atomic E-state index is -4.58. The topological polar surface area (TPSA) is 64.2 Å². The molecule has 0 bridgehead atoms. The van der Waals surface area contributed by atoms with Crippen molar-refractivity contribution in [1.29, 1.82) is 0 Å². The number of ketones is 1. The van der Waals surface area contributed by atoms with Gasteiger partial charge in [0.1, 0.15) is 12.3 Å². The minimum absolute atomic E-state index is 0.0261. The predicted octanol–water partition coefficient (Wildman–Crippen LogP) is 6.25. The van der Waals surface area contributed by atoms with E-state index >= 15 is 0 Å². The molecule has 0 unspecified atom stereocenters. The largest absolute Gasteiger partial charge is 0.485 e. The van der Waals surface area contributed by atoms with Crippen molar-refractivity contribution in [1.82, 2.24) is 9.97 Å². The van der Waals surface area contributed by atoms with Crippen molar-refractivity contribution in [3.05, 3.63) is 89.2 Å². The number of nitrogens with one attached hydrogen (secondary N) is 1. The number of hydrogen-bond acceptors (Lipinski definition) is 4. The van der Waals surface area contributed by atoms with E-state index in [9.17, 15) is 18.0 Å². The summed E-state index contributed by atoms with van der Waals surface area (Å²) in [7, 11) is 0. The number of benzene rings is 2. The highest BCUT2D eigenvalue weighted by Crippen LogP contribution is 2.35. The van der Waals surface area contributed by atoms with Crippen LogP contribution in [0.5, 0.6) is 11.5 Å². The molecule has 1 N–H and O–H groups in total. The quantitative estimate of drug-likeness (QED) is 0.156. The number of halogens is 4. The Morgan fingerprint density at radius 3 is 2.45 bits per heavy atom. The first-order valence-corrected chi connectivity index (χ1v) is 11.4. The Balaban J connectivity index is 1.67. The van der Waals surface area contributed by atoms with Gasteiger partial charge >= 0.3 is 6.18 Å². The number of rotatable bonds is 8. The third-order valence-corrected chi connectivity index (χ3v) is 5.75. The summed E-state index contributed by atoms with van der Waals surface area (Å²) in [6.07, 6.45) is -1.52. The smallest absolute Gasteiger partial charge is 0.422 e. The summed E-state index contributed by atoms with van der Waals surface area (Å²) in [6.45, 7) is -1.44. The number of ether oxygens (including phenoxy) is 2. The van der Waals surface area contributed by atoms with Crippen LogP contribution >= 0.6 is 22.6 Å². The number of hydrogen-bond donors (Lipinski definition) is 1. The molecule has 33 heavy (non-hydrogen) atoms. The maximum Gasteiger partial charge on any atom is 0.422 e. The lowest BCUT2D eigenvalue weighted by atomic mass is 10.0. The SMILES string of the molecule is O=C(c1cccc(OCc2ccc(CI)cc2)c1OCC(F)(F)F)c1c[nH]c2ncccc12. The Morgan fingerprint density at radius 1 is 0.970 bits per heavy atom. The molecule has 4 rings (SSSR count). The standard InChI is InChI=1S/C24H18F3IN2O3/c25-24(26,27)14-33-22-18(21(31)19-12-30-23-17(19)4-2-10-29-23)3-1-5-20(22)32-13-16-8-6-15(11-28)7-9-16/h1-10,12H,11,13-14H2,(H,29,30). The number of fused-ring (bicyclic) bond motifs is 1. The molecule has 2 aromatic carbocycles. The molecule has 0 radical (unpaired) electrons. The van der Waals surface area contributed by atoms with Crippen molar-refractivity contribution in [2.75, 3.05) is 6.61 Å². The lowest BCUT2D eigenvalue weighted by Crippen LogP contribution is -2.20. The van der Waals surface area contributed by atoms with E-state index in [0.29, 0.717) is 11.0 Å². The van der Waals surface area contributed by atoms with E-state index in [-0.39, 0.29) is 29.2 Å². The first-order chi connectivity index (χ1) is 15.9. The second kappa shape index (κ2) is 9.82. The zero-order valence-electron chi connectivity index (χ0n) is 17.2. The summed E-state index contributed by atoms with van der Waals surface area (Å²) in [5.41, 5.74) is 2.74. The fourth-order valence-corrected chi connectivity index (χ4v) is 3.79. The summed E-state index contributed by atoms with van der Waals surface area (Å²) in [6, 6.07) is 15.5. The highest BCUT2D eigenvalue weighted by atomic mass is 127. The third kappa shape index (κ3) is 5.47. The van der Waals surface area contributed by atoms with E-state index in [4.69, 9.17) is 9.47 Å². The first kappa shape index (κ1) is 23.1. The number of alkyl halides is 4. The molecule has 5 nitrogen and oxygen atoms in total. The highest BCUT2D eigenvalue weighted by Gasteiger charge is 2.31. The van der Waals surface area contributed by atoms with Gasteiger partial charge < -0.3 is 14.5 Å². The van der Waals surface area contributed by atoms with Crippen LogP contribution in [-0.4, -0.2) is 28.5 Å². The van der Waals surface area contributed by atoms with E-state index < -0.39 is 18.6 Å². The molecular formula is C24H18F3IN2O3. The average molecular weight is 566 g/mol. The number of aromatic nitrogens is 2. The summed E-state index contributed by atoms with van der Waals surface area (Å²) < 4.78 is 50.6. The molecule has 0 atom stereocenters. The molecule has 2 aromatic heterocycles. The van der Waals surface area contributed by atoms with Gasteiger partial charge in [0, 0.05) is 27.8 Å². The molecule has 2 heterocycles. The monoisotopic (exact) mass is 566 g/mol. The van der Waals surface area contributed by atoms with Crippen molar-refractivity contribution in [2.24, 2.45) is 0 Å². The van der Waals surface area contributed by atoms with Crippen molar-refractivity contribution < 1.29 is 27.4 Å². The fourth-order valence-electron chi connectivity index (χ4n) is 3.29. The molecule has 9 heteroatoms. The van der Waals surface area contributed by atoms with E-state index in [1.807, 2.05) is 24.3 Å². The number of para-hydroxylation sites is 1. The zero-order chi connectivity index (χ0) is 23.4. The second-order valence-corrected chi connectivity index (χ2v) is 7.97. The van der Waals surface area contributed by atoms with E-state index in [0.717, 1.165) is 15.6 Å². The molecule has 0 amide bonds. The van der Waals surface area contributed by atoms with Crippen LogP contribution in [0.4, 0.5) is 13.2 Å². The molecular weight excluding hydrogens is 548 g/mol. The van der Waals surface area contributed by atoms with Gasteiger partial charge in [-0.25, -0.2) is 4.98 Å². The van der Waals surface area contributed by atoms with E-state index in [1.165, 1.54) is 18.3 Å². The fraction of sp³-hybridized carbons (Fsp3) is 0.167. The lowest BCUT2D eigenvalue weighted by Gasteiger charge is -2.17. The molecule has 170 valence electrons. The van der Waals surface area contributed by atoms with Gasteiger partial charge in [0.25, 0.3) is 0 Å². The summed E-state index contributed by atoms with van der Waals surface area (Å²) in [4.78, 5) is 20.3. The van der Waals surface area contributed by atoms with Crippen LogP contribution in [0.25, 0.3) is 11.0 Å². The lowest BCUT2D eigenvalue weighted by molar-refractivity contribution is -0.153. The molecule has 0 aliphatic rings. The summed E-state index contributed by atoms with van der Waals surface area (Å²) in [5, 5.41) is 0.561. The number of carbonyl (C=O) groups excluding carboxylic acids is 1. The van der Waals surface area contributed by atoms with Crippen molar-refractivity contribution >= 4 is 39.4 Å². The minimum Gasteiger partial charge on any atom is -0.485 e. The van der Waals surface area contributed by atoms with Gasteiger partial charge in [0.15, 0.2) is 23.9 Å². The molecule has 0 spiro atoms. The maximum absolute atomic E-state index is 13.3. The number of nitrogens with zero attached hydrogens (tertiary/aromatic N) is 1. The zero-order valence-corrected chi connectivity index (χ0v) is 19.3. The average Bonchev–Trinajstić information content (AvgIpc) is 3.25. The number of pyridine rings is 1.